The summed E-state index contributed by atoms with van der Waals surface area (Å²) < 4.78 is 14.0. The Morgan fingerprint density at radius 3 is 2.50 bits per heavy atom. The van der Waals surface area contributed by atoms with Gasteiger partial charge in [-0.05, 0) is 12.1 Å². The summed E-state index contributed by atoms with van der Waals surface area (Å²) in [6.07, 6.45) is 0. The Bertz CT molecular complexity index is 537. The van der Waals surface area contributed by atoms with Crippen molar-refractivity contribution in [3.63, 3.8) is 0 Å². The van der Waals surface area contributed by atoms with Crippen LogP contribution in [-0.2, 0) is 4.79 Å². The van der Waals surface area contributed by atoms with Gasteiger partial charge in [-0.2, -0.15) is 5.26 Å². The first kappa shape index (κ1) is 14.1. The zero-order valence-corrected chi connectivity index (χ0v) is 11.0. The van der Waals surface area contributed by atoms with Gasteiger partial charge < -0.3 is 16.4 Å². The number of carbonyl (C=O) groups excluding carboxylic acids is 1. The summed E-state index contributed by atoms with van der Waals surface area (Å²) in [5.41, 5.74) is 11.7. The van der Waals surface area contributed by atoms with Crippen LogP contribution >= 0.6 is 0 Å². The molecule has 1 fully saturated rings. The number of nitrogens with two attached hydrogens (primary N) is 2. The van der Waals surface area contributed by atoms with E-state index in [1.54, 1.807) is 0 Å². The van der Waals surface area contributed by atoms with Crippen molar-refractivity contribution in [3.8, 4) is 6.07 Å². The van der Waals surface area contributed by atoms with Gasteiger partial charge in [0.05, 0.1) is 29.6 Å². The summed E-state index contributed by atoms with van der Waals surface area (Å²) in [5, 5.41) is 8.77. The molecule has 1 aromatic carbocycles. The Morgan fingerprint density at radius 1 is 1.35 bits per heavy atom. The number of amides is 1. The molecule has 0 radical (unpaired) electrons. The van der Waals surface area contributed by atoms with E-state index in [1.807, 2.05) is 15.9 Å². The molecule has 106 valence electrons. The molecule has 1 amide bonds. The fourth-order valence-corrected chi connectivity index (χ4v) is 2.37. The molecule has 6 nitrogen and oxygen atoms in total. The Balaban J connectivity index is 2.11. The molecule has 0 saturated carbocycles. The van der Waals surface area contributed by atoms with Gasteiger partial charge in [0, 0.05) is 26.2 Å². The summed E-state index contributed by atoms with van der Waals surface area (Å²) in [5.74, 6) is -0.868. The van der Waals surface area contributed by atoms with E-state index < -0.39 is 5.82 Å². The molecule has 0 aromatic heterocycles. The number of benzene rings is 1. The zero-order valence-electron chi connectivity index (χ0n) is 11.0. The highest BCUT2D eigenvalue weighted by Crippen LogP contribution is 2.29. The number of nitrogens with zero attached hydrogens (tertiary/aromatic N) is 3. The number of carbonyl (C=O) groups is 1. The largest absolute Gasteiger partial charge is 0.397 e. The number of rotatable bonds is 3. The van der Waals surface area contributed by atoms with E-state index in [-0.39, 0.29) is 23.7 Å². The highest BCUT2D eigenvalue weighted by molar-refractivity contribution is 5.76. The lowest BCUT2D eigenvalue weighted by Crippen LogP contribution is -2.49. The third-order valence-electron chi connectivity index (χ3n) is 3.29. The standard InChI is InChI=1S/C13H16FN5O/c14-10-5-9(7-15)6-11(16)13(10)19-3-1-18(2-4-19)8-12(17)20/h5-6H,1-4,8,16H2,(H2,17,20). The summed E-state index contributed by atoms with van der Waals surface area (Å²) in [4.78, 5) is 14.6. The SMILES string of the molecule is N#Cc1cc(N)c(N2CCN(CC(N)=O)CC2)c(F)c1. The average molecular weight is 277 g/mol. The highest BCUT2D eigenvalue weighted by Gasteiger charge is 2.22. The van der Waals surface area contributed by atoms with Crippen LogP contribution in [0.5, 0.6) is 0 Å². The van der Waals surface area contributed by atoms with Gasteiger partial charge in [0.15, 0.2) is 0 Å². The van der Waals surface area contributed by atoms with Crippen LogP contribution in [0.3, 0.4) is 0 Å². The van der Waals surface area contributed by atoms with Gasteiger partial charge in [-0.1, -0.05) is 0 Å². The lowest BCUT2D eigenvalue weighted by Gasteiger charge is -2.36. The molecule has 2 rings (SSSR count). The Labute approximate surface area is 116 Å². The van der Waals surface area contributed by atoms with Crippen molar-refractivity contribution in [1.29, 1.82) is 5.26 Å². The quantitative estimate of drug-likeness (QED) is 0.751. The molecule has 0 atom stereocenters. The van der Waals surface area contributed by atoms with Crippen molar-refractivity contribution in [2.24, 2.45) is 5.73 Å². The van der Waals surface area contributed by atoms with Crippen molar-refractivity contribution in [2.45, 2.75) is 0 Å². The van der Waals surface area contributed by atoms with Crippen LogP contribution in [0.2, 0.25) is 0 Å². The molecule has 1 aliphatic heterocycles. The molecule has 1 aromatic rings. The van der Waals surface area contributed by atoms with Crippen LogP contribution in [0.4, 0.5) is 15.8 Å². The van der Waals surface area contributed by atoms with Crippen LogP contribution in [0.1, 0.15) is 5.56 Å². The first-order valence-corrected chi connectivity index (χ1v) is 6.26. The lowest BCUT2D eigenvalue weighted by atomic mass is 10.1. The molecule has 0 aliphatic carbocycles. The molecule has 1 saturated heterocycles. The molecule has 7 heteroatoms. The topological polar surface area (TPSA) is 99.4 Å². The van der Waals surface area contributed by atoms with Crippen molar-refractivity contribution >= 4 is 17.3 Å². The fraction of sp³-hybridized carbons (Fsp3) is 0.385. The Hall–Kier alpha value is -2.33. The van der Waals surface area contributed by atoms with Gasteiger partial charge in [-0.15, -0.1) is 0 Å². The van der Waals surface area contributed by atoms with Crippen molar-refractivity contribution < 1.29 is 9.18 Å². The monoisotopic (exact) mass is 277 g/mol. The van der Waals surface area contributed by atoms with Crippen LogP contribution in [0.25, 0.3) is 0 Å². The first-order valence-electron chi connectivity index (χ1n) is 6.26. The molecule has 0 spiro atoms. The third-order valence-corrected chi connectivity index (χ3v) is 3.29. The first-order chi connectivity index (χ1) is 9.51. The maximum Gasteiger partial charge on any atom is 0.231 e. The predicted molar refractivity (Wildman–Crippen MR) is 73.4 cm³/mol. The molecular formula is C13H16FN5O. The van der Waals surface area contributed by atoms with E-state index in [2.05, 4.69) is 0 Å². The molecule has 20 heavy (non-hydrogen) atoms. The number of nitriles is 1. The zero-order chi connectivity index (χ0) is 14.7. The number of hydrogen-bond donors (Lipinski definition) is 2. The van der Waals surface area contributed by atoms with Crippen molar-refractivity contribution in [2.75, 3.05) is 43.4 Å². The van der Waals surface area contributed by atoms with E-state index in [9.17, 15) is 9.18 Å². The summed E-state index contributed by atoms with van der Waals surface area (Å²) >= 11 is 0. The minimum absolute atomic E-state index is 0.205. The molecule has 0 unspecified atom stereocenters. The van der Waals surface area contributed by atoms with Gasteiger partial charge in [0.2, 0.25) is 5.91 Å². The number of hydrogen-bond acceptors (Lipinski definition) is 5. The Morgan fingerprint density at radius 2 is 2.00 bits per heavy atom. The number of piperazine rings is 1. The normalized spacial score (nSPS) is 15.9. The lowest BCUT2D eigenvalue weighted by molar-refractivity contribution is -0.119. The second kappa shape index (κ2) is 5.75. The van der Waals surface area contributed by atoms with Crippen molar-refractivity contribution in [3.05, 3.63) is 23.5 Å². The van der Waals surface area contributed by atoms with E-state index in [1.165, 1.54) is 12.1 Å². The Kier molecular flexibility index (Phi) is 4.05. The van der Waals surface area contributed by atoms with Gasteiger partial charge in [-0.25, -0.2) is 4.39 Å². The summed E-state index contributed by atoms with van der Waals surface area (Å²) in [6, 6.07) is 4.52. The predicted octanol–water partition coefficient (Wildman–Crippen LogP) is -0.113. The average Bonchev–Trinajstić information content (AvgIpc) is 2.39. The molecule has 0 bridgehead atoms. The van der Waals surface area contributed by atoms with Gasteiger partial charge in [0.25, 0.3) is 0 Å². The van der Waals surface area contributed by atoms with E-state index in [4.69, 9.17) is 16.7 Å². The van der Waals surface area contributed by atoms with Gasteiger partial charge in [-0.3, -0.25) is 9.69 Å². The van der Waals surface area contributed by atoms with Gasteiger partial charge >= 0.3 is 0 Å². The number of nitrogen functional groups attached to an aromatic ring is 1. The minimum atomic E-state index is -0.495. The molecule has 1 aliphatic rings. The number of primary amides is 1. The van der Waals surface area contributed by atoms with Crippen LogP contribution in [0.15, 0.2) is 12.1 Å². The van der Waals surface area contributed by atoms with Crippen molar-refractivity contribution in [1.82, 2.24) is 4.90 Å². The summed E-state index contributed by atoms with van der Waals surface area (Å²) in [6.45, 7) is 2.55. The van der Waals surface area contributed by atoms with Crippen LogP contribution < -0.4 is 16.4 Å². The molecule has 4 N–H and O–H groups in total. The number of anilines is 2. The smallest absolute Gasteiger partial charge is 0.231 e. The van der Waals surface area contributed by atoms with Crippen LogP contribution in [-0.4, -0.2) is 43.5 Å². The number of halogens is 1. The second-order valence-corrected chi connectivity index (χ2v) is 4.74. The second-order valence-electron chi connectivity index (χ2n) is 4.74. The maximum absolute atomic E-state index is 14.0. The fourth-order valence-electron chi connectivity index (χ4n) is 2.37. The molecule has 1 heterocycles. The van der Waals surface area contributed by atoms with Crippen LogP contribution in [0, 0.1) is 17.1 Å². The highest BCUT2D eigenvalue weighted by atomic mass is 19.1. The summed E-state index contributed by atoms with van der Waals surface area (Å²) in [7, 11) is 0. The maximum atomic E-state index is 14.0. The van der Waals surface area contributed by atoms with E-state index in [0.717, 1.165) is 0 Å². The van der Waals surface area contributed by atoms with Gasteiger partial charge in [0.1, 0.15) is 5.82 Å². The third kappa shape index (κ3) is 2.97. The molecular weight excluding hydrogens is 261 g/mol. The van der Waals surface area contributed by atoms with E-state index in [0.29, 0.717) is 31.9 Å². The van der Waals surface area contributed by atoms with E-state index >= 15 is 0 Å². The minimum Gasteiger partial charge on any atom is -0.397 e.